The minimum absolute atomic E-state index is 0.193. The Kier molecular flexibility index (Phi) is 1.91. The highest BCUT2D eigenvalue weighted by Crippen LogP contribution is 2.18. The zero-order valence-corrected chi connectivity index (χ0v) is 9.67. The molecule has 2 heterocycles. The molecule has 0 fully saturated rings. The van der Waals surface area contributed by atoms with E-state index in [1.54, 1.807) is 0 Å². The first kappa shape index (κ1) is 9.65. The van der Waals surface area contributed by atoms with Crippen LogP contribution in [-0.4, -0.2) is 27.9 Å². The average molecular weight is 236 g/mol. The highest BCUT2D eigenvalue weighted by molar-refractivity contribution is 6.00. The lowest BCUT2D eigenvalue weighted by Gasteiger charge is -2.13. The average Bonchev–Trinajstić information content (AvgIpc) is 3.02. The molecular formula is C14H12N4. The van der Waals surface area contributed by atoms with Crippen molar-refractivity contribution in [2.45, 2.75) is 12.1 Å². The van der Waals surface area contributed by atoms with Crippen LogP contribution in [0, 0.1) is 0 Å². The molecule has 2 atom stereocenters. The van der Waals surface area contributed by atoms with Crippen molar-refractivity contribution in [2.24, 2.45) is 4.99 Å². The molecule has 2 unspecified atom stereocenters. The number of para-hydroxylation sites is 2. The highest BCUT2D eigenvalue weighted by Gasteiger charge is 2.27. The van der Waals surface area contributed by atoms with Crippen molar-refractivity contribution >= 4 is 16.9 Å². The molecule has 0 amide bonds. The quantitative estimate of drug-likeness (QED) is 0.793. The Balaban J connectivity index is 1.75. The number of allylic oxidation sites excluding steroid dienone is 2. The minimum Gasteiger partial charge on any atom is -0.359 e. The largest absolute Gasteiger partial charge is 0.359 e. The van der Waals surface area contributed by atoms with Crippen LogP contribution in [0.5, 0.6) is 0 Å². The number of nitrogens with one attached hydrogen (secondary N) is 2. The van der Waals surface area contributed by atoms with Crippen molar-refractivity contribution in [3.63, 3.8) is 0 Å². The first-order chi connectivity index (χ1) is 8.90. The Labute approximate surface area is 104 Å². The van der Waals surface area contributed by atoms with E-state index in [0.29, 0.717) is 0 Å². The monoisotopic (exact) mass is 236 g/mol. The molecule has 1 aromatic heterocycles. The molecule has 4 rings (SSSR count). The van der Waals surface area contributed by atoms with Gasteiger partial charge in [-0.05, 0) is 12.1 Å². The van der Waals surface area contributed by atoms with Crippen LogP contribution in [0.3, 0.4) is 0 Å². The van der Waals surface area contributed by atoms with Crippen LogP contribution in [0.25, 0.3) is 11.0 Å². The summed E-state index contributed by atoms with van der Waals surface area (Å²) >= 11 is 0. The number of aromatic nitrogens is 2. The minimum atomic E-state index is 0.193. The maximum absolute atomic E-state index is 4.65. The number of hydrogen-bond acceptors (Lipinski definition) is 3. The summed E-state index contributed by atoms with van der Waals surface area (Å²) in [6.45, 7) is 0. The van der Waals surface area contributed by atoms with Crippen LogP contribution in [0.1, 0.15) is 5.82 Å². The number of imidazole rings is 1. The standard InChI is InChI=1S/C14H12N4/c1-2-6-10-9(5-1)15-13(16-10)14-17-11-7-3-4-8-12(11)18-14/h1-10H,(H,15,16)(H,17,18). The smallest absolute Gasteiger partial charge is 0.173 e. The summed E-state index contributed by atoms with van der Waals surface area (Å²) in [5.41, 5.74) is 2.01. The summed E-state index contributed by atoms with van der Waals surface area (Å²) in [6, 6.07) is 8.46. The summed E-state index contributed by atoms with van der Waals surface area (Å²) in [7, 11) is 0. The summed E-state index contributed by atoms with van der Waals surface area (Å²) < 4.78 is 0. The molecule has 2 aromatic rings. The predicted octanol–water partition coefficient (Wildman–Crippen LogP) is 1.78. The van der Waals surface area contributed by atoms with Gasteiger partial charge in [0.15, 0.2) is 11.7 Å². The van der Waals surface area contributed by atoms with E-state index in [2.05, 4.69) is 32.4 Å². The normalized spacial score (nSPS) is 25.0. The van der Waals surface area contributed by atoms with Gasteiger partial charge >= 0.3 is 0 Å². The zero-order valence-electron chi connectivity index (χ0n) is 9.67. The number of nitrogens with zero attached hydrogens (tertiary/aromatic N) is 2. The Morgan fingerprint density at radius 2 is 1.94 bits per heavy atom. The number of fused-ring (bicyclic) bond motifs is 2. The van der Waals surface area contributed by atoms with Crippen molar-refractivity contribution in [1.29, 1.82) is 0 Å². The van der Waals surface area contributed by atoms with Gasteiger partial charge in [0.25, 0.3) is 0 Å². The first-order valence-electron chi connectivity index (χ1n) is 6.05. The maximum Gasteiger partial charge on any atom is 0.173 e. The van der Waals surface area contributed by atoms with Gasteiger partial charge in [0, 0.05) is 0 Å². The number of benzene rings is 1. The Hall–Kier alpha value is -2.36. The van der Waals surface area contributed by atoms with Gasteiger partial charge in [-0.2, -0.15) is 0 Å². The van der Waals surface area contributed by atoms with Gasteiger partial charge in [-0.15, -0.1) is 0 Å². The van der Waals surface area contributed by atoms with Crippen LogP contribution in [-0.2, 0) is 0 Å². The second-order valence-electron chi connectivity index (χ2n) is 4.51. The Morgan fingerprint density at radius 1 is 1.06 bits per heavy atom. The van der Waals surface area contributed by atoms with Crippen molar-refractivity contribution in [2.75, 3.05) is 0 Å². The molecule has 0 bridgehead atoms. The Morgan fingerprint density at radius 3 is 2.83 bits per heavy atom. The van der Waals surface area contributed by atoms with Crippen LogP contribution in [0.4, 0.5) is 0 Å². The van der Waals surface area contributed by atoms with Gasteiger partial charge < -0.3 is 10.3 Å². The number of amidine groups is 1. The summed E-state index contributed by atoms with van der Waals surface area (Å²) in [6.07, 6.45) is 8.32. The lowest BCUT2D eigenvalue weighted by Crippen LogP contribution is -2.33. The van der Waals surface area contributed by atoms with E-state index in [1.165, 1.54) is 0 Å². The van der Waals surface area contributed by atoms with Gasteiger partial charge in [-0.1, -0.05) is 36.4 Å². The van der Waals surface area contributed by atoms with E-state index in [4.69, 9.17) is 0 Å². The molecule has 0 spiro atoms. The molecule has 0 saturated heterocycles. The van der Waals surface area contributed by atoms with Crippen LogP contribution in [0.2, 0.25) is 0 Å². The predicted molar refractivity (Wildman–Crippen MR) is 71.6 cm³/mol. The van der Waals surface area contributed by atoms with E-state index < -0.39 is 0 Å². The first-order valence-corrected chi connectivity index (χ1v) is 6.05. The summed E-state index contributed by atoms with van der Waals surface area (Å²) in [5, 5.41) is 3.39. The van der Waals surface area contributed by atoms with E-state index in [9.17, 15) is 0 Å². The van der Waals surface area contributed by atoms with E-state index in [1.807, 2.05) is 36.4 Å². The van der Waals surface area contributed by atoms with Gasteiger partial charge in [-0.25, -0.2) is 4.98 Å². The number of rotatable bonds is 1. The fourth-order valence-corrected chi connectivity index (χ4v) is 2.39. The third-order valence-corrected chi connectivity index (χ3v) is 3.30. The molecule has 88 valence electrons. The molecular weight excluding hydrogens is 224 g/mol. The van der Waals surface area contributed by atoms with Crippen molar-refractivity contribution < 1.29 is 0 Å². The molecule has 0 radical (unpaired) electrons. The number of hydrogen-bond donors (Lipinski definition) is 2. The van der Waals surface area contributed by atoms with Gasteiger partial charge in [-0.3, -0.25) is 4.99 Å². The lowest BCUT2D eigenvalue weighted by molar-refractivity contribution is 0.694. The topological polar surface area (TPSA) is 53.1 Å². The van der Waals surface area contributed by atoms with Crippen molar-refractivity contribution in [1.82, 2.24) is 15.3 Å². The van der Waals surface area contributed by atoms with Gasteiger partial charge in [0.05, 0.1) is 23.1 Å². The second kappa shape index (κ2) is 3.57. The molecule has 1 aliphatic carbocycles. The zero-order chi connectivity index (χ0) is 11.9. The van der Waals surface area contributed by atoms with Gasteiger partial charge in [0.1, 0.15) is 0 Å². The molecule has 18 heavy (non-hydrogen) atoms. The van der Waals surface area contributed by atoms with Crippen molar-refractivity contribution in [3.8, 4) is 0 Å². The molecule has 4 heteroatoms. The third kappa shape index (κ3) is 1.39. The van der Waals surface area contributed by atoms with E-state index >= 15 is 0 Å². The van der Waals surface area contributed by atoms with Crippen LogP contribution in [0.15, 0.2) is 53.6 Å². The number of aromatic amines is 1. The molecule has 1 aromatic carbocycles. The van der Waals surface area contributed by atoms with E-state index in [0.717, 1.165) is 22.7 Å². The SMILES string of the molecule is C1=CC2N=C(c3nc4ccccc4[nH]3)NC2C=C1. The second-order valence-corrected chi connectivity index (χ2v) is 4.51. The summed E-state index contributed by atoms with van der Waals surface area (Å²) in [5.74, 6) is 1.66. The maximum atomic E-state index is 4.65. The van der Waals surface area contributed by atoms with Crippen molar-refractivity contribution in [3.05, 3.63) is 54.4 Å². The van der Waals surface area contributed by atoms with Gasteiger partial charge in [0.2, 0.25) is 0 Å². The lowest BCUT2D eigenvalue weighted by atomic mass is 10.1. The fourth-order valence-electron chi connectivity index (χ4n) is 2.39. The molecule has 2 aliphatic rings. The van der Waals surface area contributed by atoms with Crippen LogP contribution >= 0.6 is 0 Å². The Bertz CT molecular complexity index is 660. The summed E-state index contributed by atoms with van der Waals surface area (Å²) in [4.78, 5) is 12.5. The molecule has 2 N–H and O–H groups in total. The highest BCUT2D eigenvalue weighted by atomic mass is 15.2. The third-order valence-electron chi connectivity index (χ3n) is 3.30. The number of H-pyrrole nitrogens is 1. The van der Waals surface area contributed by atoms with E-state index in [-0.39, 0.29) is 12.1 Å². The molecule has 1 aliphatic heterocycles. The molecule has 4 nitrogen and oxygen atoms in total. The number of aliphatic imine (C=N–C) groups is 1. The fraction of sp³-hybridized carbons (Fsp3) is 0.143. The van der Waals surface area contributed by atoms with Crippen LogP contribution < -0.4 is 5.32 Å². The molecule has 0 saturated carbocycles.